The SMILES string of the molecule is CCCCCCCCCCCCCCCC(=O)[O-].CCCCCCCCCCCCCCCC(=O)[O-].CCCCCCCCCCCCCCCC(=O)[O-].CCCCCCCCCCCCCCCC(=O)[O-].[Ir]. The summed E-state index contributed by atoms with van der Waals surface area (Å²) >= 11 is 0. The van der Waals surface area contributed by atoms with Gasteiger partial charge < -0.3 is 39.6 Å². The number of carboxylic acids is 4. The van der Waals surface area contributed by atoms with Crippen LogP contribution in [-0.4, -0.2) is 23.9 Å². The van der Waals surface area contributed by atoms with Gasteiger partial charge in [-0.3, -0.25) is 0 Å². The van der Waals surface area contributed by atoms with Crippen molar-refractivity contribution in [3.63, 3.8) is 0 Å². The Kier molecular flexibility index (Phi) is 84.8. The Morgan fingerprint density at radius 2 is 0.260 bits per heavy atom. The fourth-order valence-corrected chi connectivity index (χ4v) is 9.15. The van der Waals surface area contributed by atoms with E-state index in [2.05, 4.69) is 27.7 Å². The molecule has 0 N–H and O–H groups in total. The van der Waals surface area contributed by atoms with Crippen molar-refractivity contribution in [1.29, 1.82) is 0 Å². The summed E-state index contributed by atoms with van der Waals surface area (Å²) in [6.45, 7) is 9.03. The standard InChI is InChI=1S/4C16H32O2.Ir/c4*1-2-3-4-5-6-7-8-9-10-11-12-13-14-15-16(17)18;/h4*2-15H2,1H3,(H,17,18);/p-4. The van der Waals surface area contributed by atoms with Crippen LogP contribution in [-0.2, 0) is 39.3 Å². The van der Waals surface area contributed by atoms with Gasteiger partial charge in [0, 0.05) is 44.0 Å². The Hall–Kier alpha value is -1.47. The first-order valence-electron chi connectivity index (χ1n) is 31.9. The van der Waals surface area contributed by atoms with Crippen molar-refractivity contribution in [2.45, 2.75) is 387 Å². The largest absolute Gasteiger partial charge is 0.550 e. The van der Waals surface area contributed by atoms with Gasteiger partial charge in [0.1, 0.15) is 0 Å². The first-order chi connectivity index (χ1) is 35.1. The molecule has 1 radical (unpaired) electrons. The zero-order valence-corrected chi connectivity index (χ0v) is 51.6. The Balaban J connectivity index is -0.000000280. The van der Waals surface area contributed by atoms with E-state index in [-0.39, 0.29) is 45.8 Å². The summed E-state index contributed by atoms with van der Waals surface area (Å²) in [5.74, 6) is -3.62. The van der Waals surface area contributed by atoms with Crippen LogP contribution >= 0.6 is 0 Å². The first kappa shape index (κ1) is 80.4. The van der Waals surface area contributed by atoms with Gasteiger partial charge in [-0.15, -0.1) is 0 Å². The smallest absolute Gasteiger partial charge is 0.0414 e. The maximum absolute atomic E-state index is 10.2. The van der Waals surface area contributed by atoms with Gasteiger partial charge in [0.2, 0.25) is 0 Å². The Labute approximate surface area is 468 Å². The number of hydrogen-bond acceptors (Lipinski definition) is 8. The van der Waals surface area contributed by atoms with Crippen LogP contribution in [0.3, 0.4) is 0 Å². The van der Waals surface area contributed by atoms with Crippen molar-refractivity contribution < 1.29 is 59.7 Å². The fraction of sp³-hybridized carbons (Fsp3) is 0.938. The Morgan fingerprint density at radius 3 is 0.342 bits per heavy atom. The molecule has 0 aliphatic carbocycles. The maximum Gasteiger partial charge on any atom is 0.0414 e. The van der Waals surface area contributed by atoms with E-state index in [1.807, 2.05) is 0 Å². The molecular weight excluding hydrogens is 1090 g/mol. The molecule has 0 atom stereocenters. The van der Waals surface area contributed by atoms with E-state index in [1.54, 1.807) is 0 Å². The molecule has 0 saturated carbocycles. The molecule has 73 heavy (non-hydrogen) atoms. The Bertz CT molecular complexity index is 879. The molecule has 0 amide bonds. The van der Waals surface area contributed by atoms with Crippen LogP contribution in [0.2, 0.25) is 0 Å². The summed E-state index contributed by atoms with van der Waals surface area (Å²) in [5, 5.41) is 40.8. The van der Waals surface area contributed by atoms with Crippen LogP contribution in [0, 0.1) is 0 Å². The summed E-state index contributed by atoms with van der Waals surface area (Å²) in [5.41, 5.74) is 0. The van der Waals surface area contributed by atoms with Crippen LogP contribution < -0.4 is 20.4 Å². The molecular formula is C64H124IrO8-4. The monoisotopic (exact) mass is 1210 g/mol. The van der Waals surface area contributed by atoms with Gasteiger partial charge in [0.25, 0.3) is 0 Å². The molecule has 0 aromatic rings. The normalized spacial score (nSPS) is 10.6. The maximum atomic E-state index is 10.2. The molecule has 0 aliphatic heterocycles. The summed E-state index contributed by atoms with van der Waals surface area (Å²) in [4.78, 5) is 40.8. The zero-order chi connectivity index (χ0) is 53.9. The second-order valence-corrected chi connectivity index (χ2v) is 21.5. The molecule has 9 heteroatoms. The quantitative estimate of drug-likeness (QED) is 0.0544. The van der Waals surface area contributed by atoms with E-state index in [0.29, 0.717) is 0 Å². The molecule has 8 nitrogen and oxygen atoms in total. The number of hydrogen-bond donors (Lipinski definition) is 0. The molecule has 0 aromatic heterocycles. The Morgan fingerprint density at radius 1 is 0.178 bits per heavy atom. The van der Waals surface area contributed by atoms with Gasteiger partial charge >= 0.3 is 0 Å². The number of rotatable bonds is 56. The van der Waals surface area contributed by atoms with Crippen LogP contribution in [0.25, 0.3) is 0 Å². The third kappa shape index (κ3) is 96.7. The molecule has 0 rings (SSSR count). The number of aliphatic carboxylic acids is 4. The molecule has 0 aliphatic rings. The van der Waals surface area contributed by atoms with E-state index in [0.717, 1.165) is 51.4 Å². The van der Waals surface area contributed by atoms with Crippen LogP contribution in [0.1, 0.15) is 387 Å². The van der Waals surface area contributed by atoms with Crippen molar-refractivity contribution >= 4 is 23.9 Å². The van der Waals surface area contributed by atoms with Gasteiger partial charge in [-0.1, -0.05) is 336 Å². The fourth-order valence-electron chi connectivity index (χ4n) is 9.15. The topological polar surface area (TPSA) is 161 Å². The summed E-state index contributed by atoms with van der Waals surface area (Å²) in [6, 6.07) is 0. The van der Waals surface area contributed by atoms with Crippen LogP contribution in [0.5, 0.6) is 0 Å². The van der Waals surface area contributed by atoms with Crippen molar-refractivity contribution in [2.24, 2.45) is 0 Å². The minimum absolute atomic E-state index is 0. The van der Waals surface area contributed by atoms with Gasteiger partial charge in [0.05, 0.1) is 0 Å². The van der Waals surface area contributed by atoms with E-state index in [1.165, 1.54) is 283 Å². The third-order valence-corrected chi connectivity index (χ3v) is 13.9. The van der Waals surface area contributed by atoms with Crippen molar-refractivity contribution in [3.8, 4) is 0 Å². The molecule has 0 fully saturated rings. The van der Waals surface area contributed by atoms with Crippen LogP contribution in [0.4, 0.5) is 0 Å². The summed E-state index contributed by atoms with van der Waals surface area (Å²) in [6.07, 6.45) is 67.7. The number of carbonyl (C=O) groups is 4. The second-order valence-electron chi connectivity index (χ2n) is 21.5. The average molecular weight is 1210 g/mol. The second kappa shape index (κ2) is 77.0. The van der Waals surface area contributed by atoms with Crippen molar-refractivity contribution in [1.82, 2.24) is 0 Å². The van der Waals surface area contributed by atoms with E-state index in [4.69, 9.17) is 0 Å². The number of carboxylic acid groups (broad SMARTS) is 4. The van der Waals surface area contributed by atoms with E-state index >= 15 is 0 Å². The van der Waals surface area contributed by atoms with Crippen molar-refractivity contribution in [2.75, 3.05) is 0 Å². The summed E-state index contributed by atoms with van der Waals surface area (Å²) < 4.78 is 0. The first-order valence-corrected chi connectivity index (χ1v) is 31.9. The molecule has 0 aromatic carbocycles. The molecule has 441 valence electrons. The summed E-state index contributed by atoms with van der Waals surface area (Å²) in [7, 11) is 0. The third-order valence-electron chi connectivity index (χ3n) is 13.9. The van der Waals surface area contributed by atoms with E-state index < -0.39 is 23.9 Å². The minimum Gasteiger partial charge on any atom is -0.550 e. The average Bonchev–Trinajstić information content (AvgIpc) is 3.35. The predicted molar refractivity (Wildman–Crippen MR) is 301 cm³/mol. The van der Waals surface area contributed by atoms with Crippen LogP contribution in [0.15, 0.2) is 0 Å². The van der Waals surface area contributed by atoms with Gasteiger partial charge in [0.15, 0.2) is 0 Å². The number of unbranched alkanes of at least 4 members (excludes halogenated alkanes) is 48. The molecule has 0 bridgehead atoms. The molecule has 0 saturated heterocycles. The number of carbonyl (C=O) groups excluding carboxylic acids is 4. The minimum atomic E-state index is -0.905. The van der Waals surface area contributed by atoms with Gasteiger partial charge in [-0.2, -0.15) is 0 Å². The molecule has 0 heterocycles. The predicted octanol–water partition coefficient (Wildman–Crippen LogP) is 16.9. The van der Waals surface area contributed by atoms with Gasteiger partial charge in [-0.05, 0) is 51.4 Å². The van der Waals surface area contributed by atoms with Crippen molar-refractivity contribution in [3.05, 3.63) is 0 Å². The zero-order valence-electron chi connectivity index (χ0n) is 49.2. The molecule has 0 unspecified atom stereocenters. The van der Waals surface area contributed by atoms with Gasteiger partial charge in [-0.25, -0.2) is 0 Å². The molecule has 0 spiro atoms. The van der Waals surface area contributed by atoms with E-state index in [9.17, 15) is 39.6 Å².